The topological polar surface area (TPSA) is 101 Å². The molecule has 0 fully saturated rings. The molecular formula is C18H16N4O3S. The normalized spacial score (nSPS) is 11.0. The van der Waals surface area contributed by atoms with E-state index in [-0.39, 0.29) is 16.8 Å². The maximum absolute atomic E-state index is 12.4. The first-order valence-electron chi connectivity index (χ1n) is 7.73. The van der Waals surface area contributed by atoms with E-state index in [0.29, 0.717) is 16.9 Å². The van der Waals surface area contributed by atoms with Crippen LogP contribution in [-0.2, 0) is 10.0 Å². The SMILES string of the molecule is Cc1ccnc(NS(=O)(=O)c2ccc(NC(=O)c3ccccc3)cc2)n1. The number of hydrogen-bond donors (Lipinski definition) is 2. The molecule has 0 spiro atoms. The molecule has 26 heavy (non-hydrogen) atoms. The van der Waals surface area contributed by atoms with Gasteiger partial charge < -0.3 is 5.32 Å². The van der Waals surface area contributed by atoms with E-state index in [0.717, 1.165) is 0 Å². The highest BCUT2D eigenvalue weighted by atomic mass is 32.2. The monoisotopic (exact) mass is 368 g/mol. The van der Waals surface area contributed by atoms with E-state index in [1.807, 2.05) is 6.07 Å². The summed E-state index contributed by atoms with van der Waals surface area (Å²) >= 11 is 0. The predicted molar refractivity (Wildman–Crippen MR) is 98.4 cm³/mol. The molecule has 0 saturated heterocycles. The maximum atomic E-state index is 12.4. The molecule has 0 aliphatic carbocycles. The van der Waals surface area contributed by atoms with E-state index in [1.54, 1.807) is 37.3 Å². The smallest absolute Gasteiger partial charge is 0.264 e. The summed E-state index contributed by atoms with van der Waals surface area (Å²) in [6.07, 6.45) is 1.47. The van der Waals surface area contributed by atoms with Crippen molar-refractivity contribution in [3.63, 3.8) is 0 Å². The predicted octanol–water partition coefficient (Wildman–Crippen LogP) is 2.84. The number of nitrogens with zero attached hydrogens (tertiary/aromatic N) is 2. The van der Waals surface area contributed by atoms with Crippen LogP contribution in [0.4, 0.5) is 11.6 Å². The Hall–Kier alpha value is -3.26. The van der Waals surface area contributed by atoms with Crippen LogP contribution in [0.25, 0.3) is 0 Å². The van der Waals surface area contributed by atoms with Crippen molar-refractivity contribution in [3.05, 3.63) is 78.1 Å². The largest absolute Gasteiger partial charge is 0.322 e. The molecule has 1 aromatic heterocycles. The molecule has 0 aliphatic rings. The highest BCUT2D eigenvalue weighted by Crippen LogP contribution is 2.17. The Balaban J connectivity index is 1.73. The molecule has 2 aromatic carbocycles. The Kier molecular flexibility index (Phi) is 4.94. The summed E-state index contributed by atoms with van der Waals surface area (Å²) < 4.78 is 27.1. The fourth-order valence-corrected chi connectivity index (χ4v) is 3.14. The van der Waals surface area contributed by atoms with Gasteiger partial charge in [0.05, 0.1) is 4.90 Å². The first-order chi connectivity index (χ1) is 12.4. The second kappa shape index (κ2) is 7.32. The number of carbonyl (C=O) groups is 1. The van der Waals surface area contributed by atoms with Crippen molar-refractivity contribution < 1.29 is 13.2 Å². The zero-order chi connectivity index (χ0) is 18.6. The Morgan fingerprint density at radius 2 is 1.65 bits per heavy atom. The lowest BCUT2D eigenvalue weighted by Gasteiger charge is -2.09. The number of rotatable bonds is 5. The van der Waals surface area contributed by atoms with E-state index in [4.69, 9.17) is 0 Å². The lowest BCUT2D eigenvalue weighted by Crippen LogP contribution is -2.15. The van der Waals surface area contributed by atoms with Crippen molar-refractivity contribution in [1.82, 2.24) is 9.97 Å². The van der Waals surface area contributed by atoms with Crippen molar-refractivity contribution >= 4 is 27.6 Å². The van der Waals surface area contributed by atoms with Gasteiger partial charge in [-0.1, -0.05) is 18.2 Å². The number of hydrogen-bond acceptors (Lipinski definition) is 5. The third-order valence-corrected chi connectivity index (χ3v) is 4.82. The fraction of sp³-hybridized carbons (Fsp3) is 0.0556. The Labute approximate surface area is 151 Å². The number of amides is 1. The molecule has 3 aromatic rings. The standard InChI is InChI=1S/C18H16N4O3S/c1-13-11-12-19-18(20-13)22-26(24,25)16-9-7-15(8-10-16)21-17(23)14-5-3-2-4-6-14/h2-12H,1H3,(H,21,23)(H,19,20,22). The molecule has 0 atom stereocenters. The number of anilines is 2. The van der Waals surface area contributed by atoms with Crippen molar-refractivity contribution in [3.8, 4) is 0 Å². The number of nitrogens with one attached hydrogen (secondary N) is 2. The van der Waals surface area contributed by atoms with Crippen LogP contribution in [0.1, 0.15) is 16.1 Å². The molecule has 7 nitrogen and oxygen atoms in total. The molecule has 1 heterocycles. The molecular weight excluding hydrogens is 352 g/mol. The summed E-state index contributed by atoms with van der Waals surface area (Å²) in [7, 11) is -3.82. The fourth-order valence-electron chi connectivity index (χ4n) is 2.19. The Bertz CT molecular complexity index is 1020. The summed E-state index contributed by atoms with van der Waals surface area (Å²) in [4.78, 5) is 20.1. The highest BCUT2D eigenvalue weighted by molar-refractivity contribution is 7.92. The number of aromatic nitrogens is 2. The third-order valence-electron chi connectivity index (χ3n) is 3.48. The first kappa shape index (κ1) is 17.6. The minimum Gasteiger partial charge on any atom is -0.322 e. The summed E-state index contributed by atoms with van der Waals surface area (Å²) in [5.74, 6) is -0.265. The molecule has 0 aliphatic heterocycles. The average Bonchev–Trinajstić information content (AvgIpc) is 2.62. The molecule has 3 rings (SSSR count). The Morgan fingerprint density at radius 3 is 2.31 bits per heavy atom. The van der Waals surface area contributed by atoms with Gasteiger partial charge in [0.15, 0.2) is 0 Å². The molecule has 0 bridgehead atoms. The highest BCUT2D eigenvalue weighted by Gasteiger charge is 2.16. The Morgan fingerprint density at radius 1 is 0.962 bits per heavy atom. The van der Waals surface area contributed by atoms with Gasteiger partial charge in [-0.25, -0.2) is 23.1 Å². The zero-order valence-corrected chi connectivity index (χ0v) is 14.7. The lowest BCUT2D eigenvalue weighted by atomic mass is 10.2. The molecule has 1 amide bonds. The van der Waals surface area contributed by atoms with Gasteiger partial charge in [0.2, 0.25) is 5.95 Å². The molecule has 2 N–H and O–H groups in total. The van der Waals surface area contributed by atoms with Crippen LogP contribution in [0.15, 0.2) is 71.8 Å². The van der Waals surface area contributed by atoms with E-state index < -0.39 is 10.0 Å². The minimum atomic E-state index is -3.82. The van der Waals surface area contributed by atoms with Gasteiger partial charge in [0, 0.05) is 23.1 Å². The molecule has 132 valence electrons. The lowest BCUT2D eigenvalue weighted by molar-refractivity contribution is 0.102. The van der Waals surface area contributed by atoms with Crippen LogP contribution in [0, 0.1) is 6.92 Å². The van der Waals surface area contributed by atoms with Crippen molar-refractivity contribution in [2.45, 2.75) is 11.8 Å². The van der Waals surface area contributed by atoms with Gasteiger partial charge in [-0.3, -0.25) is 4.79 Å². The summed E-state index contributed by atoms with van der Waals surface area (Å²) in [5.41, 5.74) is 1.66. The van der Waals surface area contributed by atoms with Gasteiger partial charge in [0.1, 0.15) is 0 Å². The molecule has 8 heteroatoms. The first-order valence-corrected chi connectivity index (χ1v) is 9.21. The molecule has 0 saturated carbocycles. The van der Waals surface area contributed by atoms with Crippen LogP contribution in [-0.4, -0.2) is 24.3 Å². The van der Waals surface area contributed by atoms with Gasteiger partial charge in [-0.15, -0.1) is 0 Å². The van der Waals surface area contributed by atoms with Crippen LogP contribution < -0.4 is 10.0 Å². The van der Waals surface area contributed by atoms with Gasteiger partial charge in [0.25, 0.3) is 15.9 Å². The minimum absolute atomic E-state index is 0.00598. The quantitative estimate of drug-likeness (QED) is 0.721. The van der Waals surface area contributed by atoms with Crippen molar-refractivity contribution in [2.24, 2.45) is 0 Å². The molecule has 0 unspecified atom stereocenters. The molecule has 0 radical (unpaired) electrons. The van der Waals surface area contributed by atoms with E-state index >= 15 is 0 Å². The number of carbonyl (C=O) groups excluding carboxylic acids is 1. The summed E-state index contributed by atoms with van der Waals surface area (Å²) in [5, 5.41) is 2.72. The second-order valence-corrected chi connectivity index (χ2v) is 7.15. The average molecular weight is 368 g/mol. The van der Waals surface area contributed by atoms with Gasteiger partial charge >= 0.3 is 0 Å². The van der Waals surface area contributed by atoms with E-state index in [1.165, 1.54) is 30.5 Å². The van der Waals surface area contributed by atoms with E-state index in [9.17, 15) is 13.2 Å². The van der Waals surface area contributed by atoms with Crippen LogP contribution in [0.2, 0.25) is 0 Å². The summed E-state index contributed by atoms with van der Waals surface area (Å²) in [6.45, 7) is 1.74. The maximum Gasteiger partial charge on any atom is 0.264 e. The van der Waals surface area contributed by atoms with Gasteiger partial charge in [-0.05, 0) is 49.4 Å². The third kappa shape index (κ3) is 4.22. The van der Waals surface area contributed by atoms with Gasteiger partial charge in [-0.2, -0.15) is 0 Å². The van der Waals surface area contributed by atoms with Crippen LogP contribution in [0.5, 0.6) is 0 Å². The number of benzene rings is 2. The van der Waals surface area contributed by atoms with Crippen LogP contribution >= 0.6 is 0 Å². The second-order valence-electron chi connectivity index (χ2n) is 5.47. The number of sulfonamides is 1. The van der Waals surface area contributed by atoms with E-state index in [2.05, 4.69) is 20.0 Å². The number of aryl methyl sites for hydroxylation is 1. The zero-order valence-electron chi connectivity index (χ0n) is 13.9. The van der Waals surface area contributed by atoms with Crippen LogP contribution in [0.3, 0.4) is 0 Å². The summed E-state index contributed by atoms with van der Waals surface area (Å²) in [6, 6.07) is 16.3. The van der Waals surface area contributed by atoms with Crippen molar-refractivity contribution in [2.75, 3.05) is 10.0 Å². The van der Waals surface area contributed by atoms with Crippen molar-refractivity contribution in [1.29, 1.82) is 0 Å².